The van der Waals surface area contributed by atoms with Gasteiger partial charge in [-0.3, -0.25) is 14.8 Å². The van der Waals surface area contributed by atoms with Gasteiger partial charge in [-0.2, -0.15) is 10.2 Å². The van der Waals surface area contributed by atoms with E-state index in [1.165, 1.54) is 4.90 Å². The van der Waals surface area contributed by atoms with E-state index >= 15 is 0 Å². The van der Waals surface area contributed by atoms with Gasteiger partial charge in [-0.25, -0.2) is 0 Å². The number of aromatic nitrogens is 2. The van der Waals surface area contributed by atoms with Crippen molar-refractivity contribution in [1.82, 2.24) is 14.9 Å². The number of pyridine rings is 2. The van der Waals surface area contributed by atoms with E-state index in [9.17, 15) is 4.79 Å². The molecule has 2 aromatic carbocycles. The molecule has 0 unspecified atom stereocenters. The van der Waals surface area contributed by atoms with Crippen molar-refractivity contribution in [1.29, 1.82) is 0 Å². The molecule has 0 saturated carbocycles. The zero-order valence-electron chi connectivity index (χ0n) is 23.2. The number of amides is 1. The van der Waals surface area contributed by atoms with E-state index in [-0.39, 0.29) is 29.8 Å². The first kappa shape index (κ1) is 35.6. The molecule has 210 valence electrons. The molecule has 10 nitrogen and oxygen atoms in total. The average molecular weight is 649 g/mol. The van der Waals surface area contributed by atoms with E-state index in [1.54, 1.807) is 26.5 Å². The van der Waals surface area contributed by atoms with E-state index in [1.807, 2.05) is 97.1 Å². The Morgan fingerprint density at radius 1 is 0.643 bits per heavy atom. The van der Waals surface area contributed by atoms with Crippen LogP contribution in [0.25, 0.3) is 0 Å². The molecule has 0 spiro atoms. The Kier molecular flexibility index (Phi) is 17.3. The number of amidine groups is 2. The monoisotopic (exact) mass is 647 g/mol. The van der Waals surface area contributed by atoms with Crippen LogP contribution in [0.4, 0.5) is 0 Å². The summed E-state index contributed by atoms with van der Waals surface area (Å²) in [6.45, 7) is 0. The maximum atomic E-state index is 9.43. The van der Waals surface area contributed by atoms with Gasteiger partial charge in [-0.05, 0) is 34.6 Å². The summed E-state index contributed by atoms with van der Waals surface area (Å²) in [5.74, 6) is 0. The summed E-state index contributed by atoms with van der Waals surface area (Å²) in [5, 5.41) is 15.6. The van der Waals surface area contributed by atoms with E-state index in [0.717, 1.165) is 28.9 Å². The second-order valence-electron chi connectivity index (χ2n) is 8.00. The van der Waals surface area contributed by atoms with E-state index in [2.05, 4.69) is 30.4 Å². The van der Waals surface area contributed by atoms with Crippen LogP contribution in [0.1, 0.15) is 22.5 Å². The third-order valence-corrected chi connectivity index (χ3v) is 4.78. The number of rotatable bonds is 7. The van der Waals surface area contributed by atoms with Gasteiger partial charge in [-0.1, -0.05) is 72.8 Å². The number of hydrogen-bond donors (Lipinski definition) is 2. The minimum Gasteiger partial charge on any atom is -0.741 e. The zero-order valence-corrected chi connectivity index (χ0v) is 27.8. The Morgan fingerprint density at radius 2 is 0.976 bits per heavy atom. The number of nitrogens with zero attached hydrogens (tertiary/aromatic N) is 7. The average Bonchev–Trinajstić information content (AvgIpc) is 3.00. The van der Waals surface area contributed by atoms with Crippen molar-refractivity contribution in [3.63, 3.8) is 0 Å². The summed E-state index contributed by atoms with van der Waals surface area (Å²) in [4.78, 5) is 19.4. The van der Waals surface area contributed by atoms with Gasteiger partial charge in [0.2, 0.25) is 6.41 Å². The van der Waals surface area contributed by atoms with Crippen molar-refractivity contribution in [2.75, 3.05) is 14.1 Å². The molecule has 0 atom stereocenters. The Bertz CT molecular complexity index is 1260. The van der Waals surface area contributed by atoms with E-state index in [0.29, 0.717) is 11.4 Å². The van der Waals surface area contributed by atoms with Gasteiger partial charge in [-0.15, -0.1) is 10.2 Å². The van der Waals surface area contributed by atoms with Crippen molar-refractivity contribution in [3.8, 4) is 0 Å². The summed E-state index contributed by atoms with van der Waals surface area (Å²) in [5.41, 5.74) is 15.2. The number of nitrogens with two attached hydrogens (primary N) is 2. The Morgan fingerprint density at radius 3 is 1.24 bits per heavy atom. The topological polar surface area (TPSA) is 148 Å². The first-order valence-corrected chi connectivity index (χ1v) is 12.8. The fraction of sp³-hybridized carbons (Fsp3) is 0.0690. The molecule has 0 radical (unpaired) electrons. The van der Waals surface area contributed by atoms with Crippen LogP contribution in [0, 0.1) is 0 Å². The largest absolute Gasteiger partial charge is 2.00 e. The van der Waals surface area contributed by atoms with Crippen molar-refractivity contribution >= 4 is 53.4 Å². The van der Waals surface area contributed by atoms with Crippen molar-refractivity contribution in [3.05, 3.63) is 132 Å². The van der Waals surface area contributed by atoms with Gasteiger partial charge < -0.3 is 41.6 Å². The zero-order chi connectivity index (χ0) is 29.9. The van der Waals surface area contributed by atoms with Crippen molar-refractivity contribution in [2.24, 2.45) is 31.9 Å². The summed E-state index contributed by atoms with van der Waals surface area (Å²) < 4.78 is 0. The molecule has 4 aromatic rings. The minimum atomic E-state index is -0.000591. The molecule has 2 aromatic heterocycles. The van der Waals surface area contributed by atoms with Crippen LogP contribution in [0.15, 0.2) is 130 Å². The number of carbonyl (C=O) groups excluding carboxylic acids is 1. The molecule has 4 rings (SSSR count). The molecule has 0 fully saturated rings. The molecule has 0 bridgehead atoms. The van der Waals surface area contributed by atoms with Crippen LogP contribution < -0.4 is 11.5 Å². The molecule has 0 aliphatic heterocycles. The normalized spacial score (nSPS) is 11.5. The molecule has 13 heteroatoms. The molecule has 0 saturated heterocycles. The Hall–Kier alpha value is -4.45. The van der Waals surface area contributed by atoms with Crippen LogP contribution in [-0.4, -0.2) is 57.1 Å². The van der Waals surface area contributed by atoms with Gasteiger partial charge in [0.15, 0.2) is 0 Å². The van der Waals surface area contributed by atoms with Crippen molar-refractivity contribution in [2.45, 2.75) is 0 Å². The van der Waals surface area contributed by atoms with Crippen LogP contribution in [0.5, 0.6) is 0 Å². The third-order valence-electron chi connectivity index (χ3n) is 4.62. The van der Waals surface area contributed by atoms with Crippen LogP contribution in [-0.2, 0) is 49.5 Å². The Balaban J connectivity index is 0.000000355. The van der Waals surface area contributed by atoms with Gasteiger partial charge in [0.1, 0.15) is 11.4 Å². The van der Waals surface area contributed by atoms with Gasteiger partial charge in [0, 0.05) is 37.6 Å². The van der Waals surface area contributed by atoms with Crippen LogP contribution >= 0.6 is 0 Å². The maximum Gasteiger partial charge on any atom is 2.00 e. The molecular formula is C29H29N9OS2Zn. The van der Waals surface area contributed by atoms with Gasteiger partial charge >= 0.3 is 19.5 Å². The second-order valence-corrected chi connectivity index (χ2v) is 8.84. The van der Waals surface area contributed by atoms with Crippen LogP contribution in [0.2, 0.25) is 0 Å². The first-order valence-electron chi connectivity index (χ1n) is 12.0. The fourth-order valence-electron chi connectivity index (χ4n) is 2.91. The molecule has 0 aliphatic carbocycles. The molecule has 2 heterocycles. The Labute approximate surface area is 269 Å². The van der Waals surface area contributed by atoms with Gasteiger partial charge in [0.05, 0.1) is 11.4 Å². The predicted molar refractivity (Wildman–Crippen MR) is 170 cm³/mol. The molecule has 1 amide bonds. The minimum absolute atomic E-state index is 0. The first-order chi connectivity index (χ1) is 19.8. The third kappa shape index (κ3) is 13.8. The van der Waals surface area contributed by atoms with E-state index in [4.69, 9.17) is 36.7 Å². The standard InChI is InChI=1S/2C13H12N4S.C3H7NO.Zn/c2*14-13(18)17-16-12(10-6-2-1-3-7-10)11-8-4-5-9-15-11;1-4(2)3-5;/h2*1-9H,(H3,14,17,18);3H,1-2H3;/q;;;+2/p-2/b2*16-12+;;. The number of benzene rings is 2. The quantitative estimate of drug-likeness (QED) is 0.0782. The molecule has 0 aliphatic rings. The van der Waals surface area contributed by atoms with Crippen molar-refractivity contribution < 1.29 is 24.3 Å². The smallest absolute Gasteiger partial charge is 0.741 e. The van der Waals surface area contributed by atoms with E-state index < -0.39 is 0 Å². The van der Waals surface area contributed by atoms with Gasteiger partial charge in [0.25, 0.3) is 0 Å². The maximum absolute atomic E-state index is 9.43. The SMILES string of the molecule is CN(C)C=O.N/C([S-])=N/N=C(\c1ccccc1)c1ccccn1.N/C([S-])=N/N=C(\c1ccccc1)c1ccccn1.[Zn+2]. The summed E-state index contributed by atoms with van der Waals surface area (Å²) in [6.07, 6.45) is 4.16. The molecular weight excluding hydrogens is 620 g/mol. The second kappa shape index (κ2) is 20.4. The summed E-state index contributed by atoms with van der Waals surface area (Å²) >= 11 is 9.39. The summed E-state index contributed by atoms with van der Waals surface area (Å²) in [7, 11) is 3.38. The number of carbonyl (C=O) groups is 1. The molecule has 4 N–H and O–H groups in total. The summed E-state index contributed by atoms with van der Waals surface area (Å²) in [6, 6.07) is 30.5. The predicted octanol–water partition coefficient (Wildman–Crippen LogP) is 3.09. The number of hydrogen-bond acceptors (Lipinski definition) is 9. The molecule has 42 heavy (non-hydrogen) atoms. The fourth-order valence-corrected chi connectivity index (χ4v) is 2.99. The van der Waals surface area contributed by atoms with Crippen LogP contribution in [0.3, 0.4) is 0 Å².